The van der Waals surface area contributed by atoms with Gasteiger partial charge in [0.25, 0.3) is 0 Å². The van der Waals surface area contributed by atoms with E-state index in [1.165, 1.54) is 32.7 Å². The summed E-state index contributed by atoms with van der Waals surface area (Å²) in [6.07, 6.45) is -0.505. The maximum atomic E-state index is 6.54. The van der Waals surface area contributed by atoms with Crippen LogP contribution < -0.4 is 10.6 Å². The van der Waals surface area contributed by atoms with Crippen molar-refractivity contribution in [1.82, 2.24) is 10.6 Å². The van der Waals surface area contributed by atoms with Gasteiger partial charge in [-0.3, -0.25) is 5.32 Å². The topological polar surface area (TPSA) is 49.6 Å². The molecule has 2 N–H and O–H groups in total. The number of hydrogen-bond donors (Lipinski definition) is 2. The minimum absolute atomic E-state index is 0.229. The van der Waals surface area contributed by atoms with Crippen LogP contribution in [0.15, 0.2) is 210 Å². The molecule has 0 saturated heterocycles. The predicted octanol–water partition coefficient (Wildman–Crippen LogP) is 13.2. The van der Waals surface area contributed by atoms with Crippen LogP contribution in [0.25, 0.3) is 76.9 Å². The third-order valence-corrected chi connectivity index (χ3v) is 11.4. The highest BCUT2D eigenvalue weighted by Gasteiger charge is 2.27. The molecule has 0 radical (unpaired) electrons. The molecule has 0 amide bonds. The molecule has 2 heterocycles. The quantitative estimate of drug-likeness (QED) is 0.179. The molecule has 57 heavy (non-hydrogen) atoms. The summed E-state index contributed by atoms with van der Waals surface area (Å²) in [6, 6.07) is 71.2. The zero-order valence-electron chi connectivity index (χ0n) is 31.1. The second-order valence-electron chi connectivity index (χ2n) is 14.8. The van der Waals surface area contributed by atoms with E-state index in [9.17, 15) is 0 Å². The van der Waals surface area contributed by atoms with Crippen molar-refractivity contribution in [2.75, 3.05) is 0 Å². The Morgan fingerprint density at radius 3 is 1.89 bits per heavy atom. The van der Waals surface area contributed by atoms with E-state index >= 15 is 0 Å². The Hall–Kier alpha value is -7.27. The van der Waals surface area contributed by atoms with Crippen LogP contribution in [0.4, 0.5) is 0 Å². The molecule has 0 bridgehead atoms. The molecule has 0 spiro atoms. The van der Waals surface area contributed by atoms with Gasteiger partial charge in [-0.05, 0) is 90.3 Å². The third kappa shape index (κ3) is 5.95. The molecule has 9 aromatic carbocycles. The number of hydrogen-bond acceptors (Lipinski definition) is 4. The first-order valence-corrected chi connectivity index (χ1v) is 19.5. The second-order valence-corrected chi connectivity index (χ2v) is 14.8. The van der Waals surface area contributed by atoms with Crippen molar-refractivity contribution in [3.63, 3.8) is 0 Å². The lowest BCUT2D eigenvalue weighted by molar-refractivity contribution is 0.411. The lowest BCUT2D eigenvalue weighted by atomic mass is 9.90. The van der Waals surface area contributed by atoms with E-state index in [2.05, 4.69) is 205 Å². The van der Waals surface area contributed by atoms with E-state index in [0.717, 1.165) is 66.7 Å². The molecule has 0 saturated carbocycles. The van der Waals surface area contributed by atoms with Gasteiger partial charge in [-0.1, -0.05) is 176 Å². The number of fused-ring (bicyclic) bond motifs is 5. The van der Waals surface area contributed by atoms with Crippen LogP contribution in [-0.4, -0.2) is 5.84 Å². The highest BCUT2D eigenvalue weighted by molar-refractivity contribution is 6.16. The molecule has 11 rings (SSSR count). The van der Waals surface area contributed by atoms with Gasteiger partial charge >= 0.3 is 0 Å². The summed E-state index contributed by atoms with van der Waals surface area (Å²) in [7, 11) is 0. The van der Waals surface area contributed by atoms with Crippen LogP contribution in [0.2, 0.25) is 0 Å². The molecule has 1 aliphatic rings. The number of aliphatic imine (C=N–C) groups is 1. The van der Waals surface area contributed by atoms with Crippen LogP contribution in [0.1, 0.15) is 29.0 Å². The fourth-order valence-electron chi connectivity index (χ4n) is 8.55. The van der Waals surface area contributed by atoms with Gasteiger partial charge in [0.1, 0.15) is 29.3 Å². The lowest BCUT2D eigenvalue weighted by Crippen LogP contribution is -2.45. The van der Waals surface area contributed by atoms with Gasteiger partial charge in [-0.2, -0.15) is 0 Å². The Bertz CT molecular complexity index is 3130. The average molecular weight is 732 g/mol. The van der Waals surface area contributed by atoms with E-state index in [4.69, 9.17) is 9.41 Å². The monoisotopic (exact) mass is 731 g/mol. The summed E-state index contributed by atoms with van der Waals surface area (Å²) in [4.78, 5) is 5.33. The van der Waals surface area contributed by atoms with Crippen molar-refractivity contribution >= 4 is 49.3 Å². The molecule has 4 nitrogen and oxygen atoms in total. The normalized spacial score (nSPS) is 15.5. The number of nitrogens with one attached hydrogen (secondary N) is 2. The van der Waals surface area contributed by atoms with Gasteiger partial charge in [-0.15, -0.1) is 0 Å². The Labute approximate surface area is 330 Å². The minimum atomic E-state index is -0.275. The standard InChI is InChI=1S/C53H37N3O/c1-3-13-34(14-4-1)37-25-28-38(29-26-37)51-54-52(40-30-27-36-17-7-8-18-39(36)31-40)56-53(55-51)45-23-12-20-42-43(45)21-11-22-44(42)47-32-41(35-15-5-2-6-16-35)33-49-50(47)46-19-9-10-24-48(46)57-49/h1-33,52-53,56H,(H,54,55). The molecule has 2 atom stereocenters. The van der Waals surface area contributed by atoms with Gasteiger partial charge < -0.3 is 9.73 Å². The first kappa shape index (κ1) is 33.1. The summed E-state index contributed by atoms with van der Waals surface area (Å²) < 4.78 is 6.54. The van der Waals surface area contributed by atoms with E-state index < -0.39 is 0 Å². The largest absolute Gasteiger partial charge is 0.456 e. The van der Waals surface area contributed by atoms with Gasteiger partial charge in [0.05, 0.1) is 0 Å². The van der Waals surface area contributed by atoms with Gasteiger partial charge in [0.15, 0.2) is 0 Å². The highest BCUT2D eigenvalue weighted by Crippen LogP contribution is 2.43. The zero-order valence-corrected chi connectivity index (χ0v) is 31.1. The maximum absolute atomic E-state index is 6.54. The van der Waals surface area contributed by atoms with Crippen LogP contribution in [0.3, 0.4) is 0 Å². The zero-order chi connectivity index (χ0) is 37.7. The van der Waals surface area contributed by atoms with Crippen molar-refractivity contribution in [3.8, 4) is 33.4 Å². The van der Waals surface area contributed by atoms with Crippen LogP contribution in [0, 0.1) is 0 Å². The van der Waals surface area contributed by atoms with Crippen molar-refractivity contribution in [2.45, 2.75) is 12.3 Å². The minimum Gasteiger partial charge on any atom is -0.456 e. The SMILES string of the molecule is c1ccc(-c2ccc(C3=NC(c4ccc5ccccc5c4)NC(c4cccc5c(-c6cc(-c7ccccc7)cc7oc8ccccc8c67)cccc45)N3)cc2)cc1. The molecule has 0 aliphatic carbocycles. The van der Waals surface area contributed by atoms with Crippen molar-refractivity contribution in [1.29, 1.82) is 0 Å². The van der Waals surface area contributed by atoms with Crippen molar-refractivity contribution in [3.05, 3.63) is 217 Å². The van der Waals surface area contributed by atoms with Crippen LogP contribution in [0.5, 0.6) is 0 Å². The average Bonchev–Trinajstić information content (AvgIpc) is 3.67. The Kier molecular flexibility index (Phi) is 8.01. The molecule has 0 fully saturated rings. The Balaban J connectivity index is 1.05. The van der Waals surface area contributed by atoms with E-state index in [-0.39, 0.29) is 12.3 Å². The summed E-state index contributed by atoms with van der Waals surface area (Å²) in [5, 5.41) is 14.7. The molecule has 1 aliphatic heterocycles. The smallest absolute Gasteiger partial charge is 0.136 e. The molecule has 270 valence electrons. The predicted molar refractivity (Wildman–Crippen MR) is 236 cm³/mol. The van der Waals surface area contributed by atoms with E-state index in [0.29, 0.717) is 0 Å². The third-order valence-electron chi connectivity index (χ3n) is 11.4. The van der Waals surface area contributed by atoms with Crippen molar-refractivity contribution in [2.24, 2.45) is 4.99 Å². The molecule has 1 aromatic heterocycles. The van der Waals surface area contributed by atoms with E-state index in [1.54, 1.807) is 0 Å². The summed E-state index contributed by atoms with van der Waals surface area (Å²) in [5.74, 6) is 0.854. The molecule has 10 aromatic rings. The number of amidine groups is 1. The summed E-state index contributed by atoms with van der Waals surface area (Å²) >= 11 is 0. The number of rotatable bonds is 6. The molecular weight excluding hydrogens is 695 g/mol. The fraction of sp³-hybridized carbons (Fsp3) is 0.0377. The molecule has 4 heteroatoms. The number of para-hydroxylation sites is 1. The lowest BCUT2D eigenvalue weighted by Gasteiger charge is -2.33. The van der Waals surface area contributed by atoms with Gasteiger partial charge in [0.2, 0.25) is 0 Å². The van der Waals surface area contributed by atoms with Crippen molar-refractivity contribution < 1.29 is 4.42 Å². The van der Waals surface area contributed by atoms with E-state index in [1.807, 2.05) is 6.07 Å². The maximum Gasteiger partial charge on any atom is 0.136 e. The number of benzene rings is 9. The van der Waals surface area contributed by atoms with Crippen LogP contribution >= 0.6 is 0 Å². The van der Waals surface area contributed by atoms with Crippen LogP contribution in [-0.2, 0) is 0 Å². The first-order chi connectivity index (χ1) is 28.2. The number of furan rings is 1. The molecule has 2 unspecified atom stereocenters. The summed E-state index contributed by atoms with van der Waals surface area (Å²) in [6.45, 7) is 0. The fourth-order valence-corrected chi connectivity index (χ4v) is 8.55. The Morgan fingerprint density at radius 2 is 1.07 bits per heavy atom. The molecular formula is C53H37N3O. The first-order valence-electron chi connectivity index (χ1n) is 19.5. The van der Waals surface area contributed by atoms with Gasteiger partial charge in [0, 0.05) is 16.3 Å². The summed E-state index contributed by atoms with van der Waals surface area (Å²) in [5.41, 5.74) is 12.0. The number of nitrogens with zero attached hydrogens (tertiary/aromatic N) is 1. The second kappa shape index (κ2) is 13.8. The Morgan fingerprint density at radius 1 is 0.421 bits per heavy atom. The van der Waals surface area contributed by atoms with Gasteiger partial charge in [-0.25, -0.2) is 4.99 Å². The highest BCUT2D eigenvalue weighted by atomic mass is 16.3.